The quantitative estimate of drug-likeness (QED) is 0.899. The summed E-state index contributed by atoms with van der Waals surface area (Å²) in [5.74, 6) is 0.173. The second-order valence-electron chi connectivity index (χ2n) is 7.33. The molecule has 0 radical (unpaired) electrons. The predicted molar refractivity (Wildman–Crippen MR) is 104 cm³/mol. The maximum absolute atomic E-state index is 13.6. The number of hydrogen-bond acceptors (Lipinski definition) is 4. The maximum Gasteiger partial charge on any atom is 0.194 e. The van der Waals surface area contributed by atoms with Crippen molar-refractivity contribution in [2.24, 2.45) is 5.92 Å². The average molecular weight is 371 g/mol. The van der Waals surface area contributed by atoms with Gasteiger partial charge in [-0.1, -0.05) is 42.5 Å². The molecule has 0 spiro atoms. The lowest BCUT2D eigenvalue weighted by Gasteiger charge is -2.40. The van der Waals surface area contributed by atoms with Crippen LogP contribution in [0.25, 0.3) is 0 Å². The Bertz CT molecular complexity index is 845. The molecule has 2 aliphatic heterocycles. The SMILES string of the molecule is O=S(=O)(c1ccccc1)C(C1CCNCC1)N1CCc2ccccc2C1. The zero-order valence-electron chi connectivity index (χ0n) is 15.0. The highest BCUT2D eigenvalue weighted by molar-refractivity contribution is 7.92. The third kappa shape index (κ3) is 3.43. The second kappa shape index (κ2) is 7.51. The molecule has 4 nitrogen and oxygen atoms in total. The van der Waals surface area contributed by atoms with E-state index in [-0.39, 0.29) is 5.92 Å². The van der Waals surface area contributed by atoms with Gasteiger partial charge in [-0.15, -0.1) is 0 Å². The van der Waals surface area contributed by atoms with Crippen molar-refractivity contribution >= 4 is 9.84 Å². The molecule has 2 aliphatic rings. The monoisotopic (exact) mass is 370 g/mol. The predicted octanol–water partition coefficient (Wildman–Crippen LogP) is 2.84. The summed E-state index contributed by atoms with van der Waals surface area (Å²) in [4.78, 5) is 2.66. The molecule has 2 heterocycles. The fourth-order valence-corrected chi connectivity index (χ4v) is 6.53. The summed E-state index contributed by atoms with van der Waals surface area (Å²) in [6.45, 7) is 3.32. The first-order chi connectivity index (χ1) is 12.7. The third-order valence-corrected chi connectivity index (χ3v) is 7.94. The van der Waals surface area contributed by atoms with Crippen LogP contribution in [0.4, 0.5) is 0 Å². The van der Waals surface area contributed by atoms with Gasteiger partial charge in [0.05, 0.1) is 4.90 Å². The average Bonchev–Trinajstić information content (AvgIpc) is 2.69. The smallest absolute Gasteiger partial charge is 0.194 e. The van der Waals surface area contributed by atoms with Crippen LogP contribution in [0.15, 0.2) is 59.5 Å². The number of benzene rings is 2. The molecule has 1 N–H and O–H groups in total. The Morgan fingerprint density at radius 3 is 2.31 bits per heavy atom. The van der Waals surface area contributed by atoms with Gasteiger partial charge in [0.1, 0.15) is 5.37 Å². The molecule has 1 unspecified atom stereocenters. The van der Waals surface area contributed by atoms with Crippen molar-refractivity contribution in [3.05, 3.63) is 65.7 Å². The lowest BCUT2D eigenvalue weighted by molar-refractivity contribution is 0.159. The van der Waals surface area contributed by atoms with E-state index < -0.39 is 15.2 Å². The maximum atomic E-state index is 13.6. The molecular weight excluding hydrogens is 344 g/mol. The fraction of sp³-hybridized carbons (Fsp3) is 0.429. The van der Waals surface area contributed by atoms with Gasteiger partial charge < -0.3 is 5.32 Å². The summed E-state index contributed by atoms with van der Waals surface area (Å²) in [6, 6.07) is 17.4. The van der Waals surface area contributed by atoms with Crippen LogP contribution in [0.3, 0.4) is 0 Å². The van der Waals surface area contributed by atoms with Crippen LogP contribution in [0.1, 0.15) is 24.0 Å². The number of nitrogens with one attached hydrogen (secondary N) is 1. The van der Waals surface area contributed by atoms with Crippen molar-refractivity contribution in [3.63, 3.8) is 0 Å². The van der Waals surface area contributed by atoms with E-state index in [4.69, 9.17) is 0 Å². The van der Waals surface area contributed by atoms with Gasteiger partial charge in [-0.3, -0.25) is 4.90 Å². The fourth-order valence-electron chi connectivity index (χ4n) is 4.36. The van der Waals surface area contributed by atoms with Gasteiger partial charge in [0.15, 0.2) is 9.84 Å². The van der Waals surface area contributed by atoms with E-state index in [1.165, 1.54) is 11.1 Å². The first kappa shape index (κ1) is 17.7. The molecule has 5 heteroatoms. The number of hydrogen-bond donors (Lipinski definition) is 1. The van der Waals surface area contributed by atoms with Crippen LogP contribution in [-0.2, 0) is 22.8 Å². The highest BCUT2D eigenvalue weighted by Crippen LogP contribution is 2.33. The minimum Gasteiger partial charge on any atom is -0.317 e. The van der Waals surface area contributed by atoms with Gasteiger partial charge in [0.25, 0.3) is 0 Å². The second-order valence-corrected chi connectivity index (χ2v) is 9.37. The normalized spacial score (nSPS) is 20.5. The van der Waals surface area contributed by atoms with E-state index in [0.717, 1.165) is 45.4 Å². The lowest BCUT2D eigenvalue weighted by atomic mass is 9.94. The molecule has 0 saturated carbocycles. The molecule has 26 heavy (non-hydrogen) atoms. The molecule has 138 valence electrons. The number of nitrogens with zero attached hydrogens (tertiary/aromatic N) is 1. The molecule has 2 aromatic rings. The summed E-state index contributed by atoms with van der Waals surface area (Å²) < 4.78 is 27.2. The molecule has 1 atom stereocenters. The Kier molecular flexibility index (Phi) is 5.11. The zero-order chi connectivity index (χ0) is 18.0. The lowest BCUT2D eigenvalue weighted by Crippen LogP contribution is -2.50. The summed E-state index contributed by atoms with van der Waals surface area (Å²) in [5.41, 5.74) is 2.62. The number of fused-ring (bicyclic) bond motifs is 1. The Balaban J connectivity index is 1.70. The summed E-state index contributed by atoms with van der Waals surface area (Å²) >= 11 is 0. The van der Waals surface area contributed by atoms with Crippen molar-refractivity contribution in [3.8, 4) is 0 Å². The van der Waals surface area contributed by atoms with Crippen LogP contribution in [0.5, 0.6) is 0 Å². The van der Waals surface area contributed by atoms with Crippen molar-refractivity contribution in [2.45, 2.75) is 36.1 Å². The molecule has 1 fully saturated rings. The molecule has 0 aliphatic carbocycles. The van der Waals surface area contributed by atoms with Crippen LogP contribution in [0, 0.1) is 5.92 Å². The standard InChI is InChI=1S/C21H26N2O2S/c24-26(25,20-8-2-1-3-9-20)21(18-10-13-22-14-11-18)23-15-12-17-6-4-5-7-19(17)16-23/h1-9,18,21-22H,10-16H2. The van der Waals surface area contributed by atoms with Gasteiger partial charge in [0, 0.05) is 13.1 Å². The summed E-state index contributed by atoms with van der Waals surface area (Å²) in [7, 11) is -3.40. The summed E-state index contributed by atoms with van der Waals surface area (Å²) in [6.07, 6.45) is 2.74. The first-order valence-electron chi connectivity index (χ1n) is 9.47. The number of rotatable bonds is 4. The Labute approximate surface area is 156 Å². The van der Waals surface area contributed by atoms with Crippen molar-refractivity contribution in [1.29, 1.82) is 0 Å². The molecular formula is C21H26N2O2S. The molecule has 0 bridgehead atoms. The minimum absolute atomic E-state index is 0.173. The largest absolute Gasteiger partial charge is 0.317 e. The number of sulfone groups is 1. The Morgan fingerprint density at radius 1 is 0.923 bits per heavy atom. The van der Waals surface area contributed by atoms with E-state index >= 15 is 0 Å². The van der Waals surface area contributed by atoms with E-state index in [9.17, 15) is 8.42 Å². The van der Waals surface area contributed by atoms with Crippen LogP contribution >= 0.6 is 0 Å². The highest BCUT2D eigenvalue weighted by Gasteiger charge is 2.40. The number of piperidine rings is 1. The summed E-state index contributed by atoms with van der Waals surface area (Å²) in [5, 5.41) is 2.92. The molecule has 4 rings (SSSR count). The highest BCUT2D eigenvalue weighted by atomic mass is 32.2. The molecule has 0 amide bonds. The van der Waals surface area contributed by atoms with Gasteiger partial charge in [-0.05, 0) is 61.5 Å². The van der Waals surface area contributed by atoms with E-state index in [1.54, 1.807) is 12.1 Å². The van der Waals surface area contributed by atoms with E-state index in [0.29, 0.717) is 4.90 Å². The van der Waals surface area contributed by atoms with Gasteiger partial charge >= 0.3 is 0 Å². The van der Waals surface area contributed by atoms with E-state index in [1.807, 2.05) is 24.3 Å². The van der Waals surface area contributed by atoms with Crippen molar-refractivity contribution < 1.29 is 8.42 Å². The van der Waals surface area contributed by atoms with Crippen molar-refractivity contribution in [1.82, 2.24) is 10.2 Å². The molecule has 1 saturated heterocycles. The topological polar surface area (TPSA) is 49.4 Å². The molecule has 2 aromatic carbocycles. The molecule has 0 aromatic heterocycles. The van der Waals surface area contributed by atoms with Crippen LogP contribution in [-0.4, -0.2) is 38.3 Å². The Morgan fingerprint density at radius 2 is 1.58 bits per heavy atom. The first-order valence-corrected chi connectivity index (χ1v) is 11.0. The van der Waals surface area contributed by atoms with Gasteiger partial charge in [0.2, 0.25) is 0 Å². The third-order valence-electron chi connectivity index (χ3n) is 5.70. The Hall–Kier alpha value is -1.69. The van der Waals surface area contributed by atoms with E-state index in [2.05, 4.69) is 28.4 Å². The zero-order valence-corrected chi connectivity index (χ0v) is 15.8. The van der Waals surface area contributed by atoms with Crippen molar-refractivity contribution in [2.75, 3.05) is 19.6 Å². The van der Waals surface area contributed by atoms with Crippen LogP contribution < -0.4 is 5.32 Å². The minimum atomic E-state index is -3.40. The van der Waals surface area contributed by atoms with Crippen LogP contribution in [0.2, 0.25) is 0 Å². The van der Waals surface area contributed by atoms with Gasteiger partial charge in [-0.25, -0.2) is 8.42 Å². The van der Waals surface area contributed by atoms with Gasteiger partial charge in [-0.2, -0.15) is 0 Å².